The summed E-state index contributed by atoms with van der Waals surface area (Å²) in [5.41, 5.74) is -0.615. The Kier molecular flexibility index (Phi) is 5.25. The number of nitrogens with one attached hydrogen (secondary N) is 1. The van der Waals surface area contributed by atoms with Gasteiger partial charge in [0.1, 0.15) is 5.54 Å². The van der Waals surface area contributed by atoms with Crippen molar-refractivity contribution in [3.05, 3.63) is 0 Å². The number of hydrogen-bond acceptors (Lipinski definition) is 3. The van der Waals surface area contributed by atoms with E-state index >= 15 is 0 Å². The lowest BCUT2D eigenvalue weighted by Gasteiger charge is -2.40. The van der Waals surface area contributed by atoms with E-state index in [1.54, 1.807) is 4.90 Å². The van der Waals surface area contributed by atoms with Gasteiger partial charge in [-0.25, -0.2) is 4.79 Å². The highest BCUT2D eigenvalue weighted by Gasteiger charge is 2.53. The van der Waals surface area contributed by atoms with E-state index in [4.69, 9.17) is 4.74 Å². The molecule has 5 nitrogen and oxygen atoms in total. The van der Waals surface area contributed by atoms with Crippen molar-refractivity contribution in [2.24, 2.45) is 11.8 Å². The van der Waals surface area contributed by atoms with Crippen molar-refractivity contribution in [1.82, 2.24) is 10.2 Å². The fourth-order valence-corrected chi connectivity index (χ4v) is 3.47. The lowest BCUT2D eigenvalue weighted by atomic mass is 9.75. The Morgan fingerprint density at radius 3 is 2.81 bits per heavy atom. The zero-order chi connectivity index (χ0) is 15.5. The van der Waals surface area contributed by atoms with E-state index in [1.807, 2.05) is 0 Å². The van der Waals surface area contributed by atoms with Crippen LogP contribution in [-0.2, 0) is 9.53 Å². The topological polar surface area (TPSA) is 58.6 Å². The van der Waals surface area contributed by atoms with Gasteiger partial charge in [0, 0.05) is 13.2 Å². The highest BCUT2D eigenvalue weighted by molar-refractivity contribution is 6.07. The Morgan fingerprint density at radius 1 is 1.38 bits per heavy atom. The minimum absolute atomic E-state index is 0.110. The first kappa shape index (κ1) is 16.3. The van der Waals surface area contributed by atoms with Gasteiger partial charge in [0.15, 0.2) is 0 Å². The molecule has 21 heavy (non-hydrogen) atoms. The van der Waals surface area contributed by atoms with Gasteiger partial charge in [-0.1, -0.05) is 33.6 Å². The van der Waals surface area contributed by atoms with Crippen LogP contribution in [-0.4, -0.2) is 42.1 Å². The van der Waals surface area contributed by atoms with Crippen molar-refractivity contribution < 1.29 is 14.3 Å². The molecule has 2 atom stereocenters. The number of nitrogens with zero attached hydrogens (tertiary/aromatic N) is 1. The summed E-state index contributed by atoms with van der Waals surface area (Å²) in [6.45, 7) is 8.20. The summed E-state index contributed by atoms with van der Waals surface area (Å²) < 4.78 is 5.62. The number of rotatable bonds is 6. The Balaban J connectivity index is 1.92. The van der Waals surface area contributed by atoms with Crippen molar-refractivity contribution in [3.8, 4) is 0 Å². The SMILES string of the molecule is CC(C)CCOCCN1C(=O)NC(=O)C12CCCC(C)C2. The van der Waals surface area contributed by atoms with E-state index in [0.29, 0.717) is 31.6 Å². The quantitative estimate of drug-likeness (QED) is 0.605. The third kappa shape index (κ3) is 3.57. The highest BCUT2D eigenvalue weighted by Crippen LogP contribution is 2.39. The standard InChI is InChI=1S/C16H28N2O3/c1-12(2)6-9-21-10-8-18-15(20)17-14(19)16(18)7-4-5-13(3)11-16/h12-13H,4-11H2,1-3H3,(H,17,19,20). The van der Waals surface area contributed by atoms with E-state index < -0.39 is 5.54 Å². The monoisotopic (exact) mass is 296 g/mol. The van der Waals surface area contributed by atoms with Crippen LogP contribution in [0.3, 0.4) is 0 Å². The summed E-state index contributed by atoms with van der Waals surface area (Å²) in [5, 5.41) is 2.50. The number of ether oxygens (including phenoxy) is 1. The van der Waals surface area contributed by atoms with Crippen LogP contribution in [0.5, 0.6) is 0 Å². The Hall–Kier alpha value is -1.10. The van der Waals surface area contributed by atoms with Gasteiger partial charge in [0.2, 0.25) is 0 Å². The van der Waals surface area contributed by atoms with E-state index in [0.717, 1.165) is 32.1 Å². The predicted octanol–water partition coefficient (Wildman–Crippen LogP) is 2.55. The average molecular weight is 296 g/mol. The van der Waals surface area contributed by atoms with Gasteiger partial charge in [-0.15, -0.1) is 0 Å². The largest absolute Gasteiger partial charge is 0.380 e. The summed E-state index contributed by atoms with van der Waals surface area (Å²) in [7, 11) is 0. The number of carbonyl (C=O) groups is 2. The second kappa shape index (κ2) is 6.77. The summed E-state index contributed by atoms with van der Waals surface area (Å²) in [5.74, 6) is 0.994. The molecule has 2 rings (SSSR count). The number of hydrogen-bond donors (Lipinski definition) is 1. The normalized spacial score (nSPS) is 29.5. The molecular weight excluding hydrogens is 268 g/mol. The van der Waals surface area contributed by atoms with Crippen molar-refractivity contribution in [2.75, 3.05) is 19.8 Å². The first-order valence-corrected chi connectivity index (χ1v) is 8.16. The third-order valence-electron chi connectivity index (χ3n) is 4.68. The van der Waals surface area contributed by atoms with Crippen LogP contribution in [0.15, 0.2) is 0 Å². The summed E-state index contributed by atoms with van der Waals surface area (Å²) >= 11 is 0. The molecule has 1 saturated carbocycles. The zero-order valence-electron chi connectivity index (χ0n) is 13.5. The number of carbonyl (C=O) groups excluding carboxylic acids is 2. The fourth-order valence-electron chi connectivity index (χ4n) is 3.47. The maximum Gasteiger partial charge on any atom is 0.325 e. The Labute approximate surface area is 127 Å². The van der Waals surface area contributed by atoms with Crippen molar-refractivity contribution in [2.45, 2.75) is 58.4 Å². The molecule has 3 amide bonds. The lowest BCUT2D eigenvalue weighted by molar-refractivity contribution is -0.129. The van der Waals surface area contributed by atoms with Crippen LogP contribution in [0.25, 0.3) is 0 Å². The van der Waals surface area contributed by atoms with Gasteiger partial charge < -0.3 is 9.64 Å². The molecule has 2 fully saturated rings. The molecule has 120 valence electrons. The first-order valence-electron chi connectivity index (χ1n) is 8.16. The fraction of sp³-hybridized carbons (Fsp3) is 0.875. The molecule has 2 aliphatic rings. The van der Waals surface area contributed by atoms with Crippen LogP contribution in [0, 0.1) is 11.8 Å². The molecule has 0 bridgehead atoms. The second-order valence-electron chi connectivity index (χ2n) is 6.94. The van der Waals surface area contributed by atoms with Gasteiger partial charge >= 0.3 is 6.03 Å². The van der Waals surface area contributed by atoms with Crippen molar-refractivity contribution in [3.63, 3.8) is 0 Å². The molecule has 0 aromatic rings. The molecule has 0 aromatic carbocycles. The van der Waals surface area contributed by atoms with Gasteiger partial charge in [0.25, 0.3) is 5.91 Å². The zero-order valence-corrected chi connectivity index (χ0v) is 13.5. The van der Waals surface area contributed by atoms with Gasteiger partial charge in [-0.2, -0.15) is 0 Å². The van der Waals surface area contributed by atoms with Crippen LogP contribution >= 0.6 is 0 Å². The molecular formula is C16H28N2O3. The number of amides is 3. The molecule has 1 aliphatic carbocycles. The Bertz CT molecular complexity index is 397. The van der Waals surface area contributed by atoms with Gasteiger partial charge in [0.05, 0.1) is 6.61 Å². The summed E-state index contributed by atoms with van der Waals surface area (Å²) in [6.07, 6.45) is 4.72. The summed E-state index contributed by atoms with van der Waals surface area (Å²) in [4.78, 5) is 26.1. The molecule has 0 radical (unpaired) electrons. The first-order chi connectivity index (χ1) is 9.95. The summed E-state index contributed by atoms with van der Waals surface area (Å²) in [6, 6.07) is -0.249. The van der Waals surface area contributed by atoms with E-state index in [-0.39, 0.29) is 11.9 Å². The molecule has 1 spiro atoms. The van der Waals surface area contributed by atoms with Crippen LogP contribution in [0.2, 0.25) is 0 Å². The number of imide groups is 1. The van der Waals surface area contributed by atoms with Crippen LogP contribution < -0.4 is 5.32 Å². The third-order valence-corrected chi connectivity index (χ3v) is 4.68. The van der Waals surface area contributed by atoms with E-state index in [2.05, 4.69) is 26.1 Å². The molecule has 0 aromatic heterocycles. The van der Waals surface area contributed by atoms with Gasteiger partial charge in [-0.3, -0.25) is 10.1 Å². The van der Waals surface area contributed by atoms with Gasteiger partial charge in [-0.05, 0) is 31.1 Å². The van der Waals surface area contributed by atoms with E-state index in [9.17, 15) is 9.59 Å². The molecule has 2 unspecified atom stereocenters. The minimum Gasteiger partial charge on any atom is -0.380 e. The molecule has 1 aliphatic heterocycles. The smallest absolute Gasteiger partial charge is 0.325 e. The molecule has 5 heteroatoms. The maximum atomic E-state index is 12.3. The van der Waals surface area contributed by atoms with Crippen LogP contribution in [0.4, 0.5) is 4.79 Å². The lowest BCUT2D eigenvalue weighted by Crippen LogP contribution is -2.53. The predicted molar refractivity (Wildman–Crippen MR) is 80.9 cm³/mol. The number of urea groups is 1. The van der Waals surface area contributed by atoms with Crippen molar-refractivity contribution in [1.29, 1.82) is 0 Å². The molecule has 1 saturated heterocycles. The minimum atomic E-state index is -0.615. The second-order valence-corrected chi connectivity index (χ2v) is 6.94. The average Bonchev–Trinajstić information content (AvgIpc) is 2.61. The van der Waals surface area contributed by atoms with E-state index in [1.165, 1.54) is 0 Å². The Morgan fingerprint density at radius 2 is 2.14 bits per heavy atom. The highest BCUT2D eigenvalue weighted by atomic mass is 16.5. The van der Waals surface area contributed by atoms with Crippen LogP contribution in [0.1, 0.15) is 52.9 Å². The van der Waals surface area contributed by atoms with Crippen molar-refractivity contribution >= 4 is 11.9 Å². The molecule has 1 N–H and O–H groups in total. The maximum absolute atomic E-state index is 12.3. The molecule has 1 heterocycles.